The molecule has 132 valence electrons. The molecule has 1 atom stereocenters. The second kappa shape index (κ2) is 8.16. The molecule has 25 heavy (non-hydrogen) atoms. The van der Waals surface area contributed by atoms with E-state index in [1.54, 1.807) is 18.2 Å². The van der Waals surface area contributed by atoms with Crippen molar-refractivity contribution in [2.24, 2.45) is 0 Å². The molecule has 0 radical (unpaired) electrons. The van der Waals surface area contributed by atoms with Crippen molar-refractivity contribution in [2.75, 3.05) is 12.4 Å². The highest BCUT2D eigenvalue weighted by molar-refractivity contribution is 9.10. The molecule has 6 heteroatoms. The van der Waals surface area contributed by atoms with E-state index in [-0.39, 0.29) is 5.91 Å². The summed E-state index contributed by atoms with van der Waals surface area (Å²) >= 11 is 3.32. The molecule has 0 aliphatic heterocycles. The minimum atomic E-state index is -0.922. The molecule has 1 N–H and O–H groups in total. The Morgan fingerprint density at radius 1 is 1.12 bits per heavy atom. The minimum absolute atomic E-state index is 0.332. The van der Waals surface area contributed by atoms with E-state index >= 15 is 0 Å². The van der Waals surface area contributed by atoms with Gasteiger partial charge in [0.1, 0.15) is 5.75 Å². The van der Waals surface area contributed by atoms with Gasteiger partial charge in [-0.15, -0.1) is 0 Å². The lowest BCUT2D eigenvalue weighted by molar-refractivity contribution is -0.123. The third kappa shape index (κ3) is 4.82. The Balaban J connectivity index is 2.02. The molecule has 1 amide bonds. The third-order valence-electron chi connectivity index (χ3n) is 3.68. The topological polar surface area (TPSA) is 64.6 Å². The van der Waals surface area contributed by atoms with Gasteiger partial charge in [-0.3, -0.25) is 4.79 Å². The second-order valence-electron chi connectivity index (χ2n) is 5.70. The van der Waals surface area contributed by atoms with Crippen LogP contribution in [0.2, 0.25) is 0 Å². The summed E-state index contributed by atoms with van der Waals surface area (Å²) in [6, 6.07) is 10.5. The Labute approximate surface area is 155 Å². The third-order valence-corrected chi connectivity index (χ3v) is 4.30. The number of anilines is 1. The highest BCUT2D eigenvalue weighted by Gasteiger charge is 2.20. The van der Waals surface area contributed by atoms with Crippen LogP contribution in [0.3, 0.4) is 0 Å². The fourth-order valence-electron chi connectivity index (χ4n) is 2.26. The van der Waals surface area contributed by atoms with Crippen LogP contribution in [0.25, 0.3) is 0 Å². The smallest absolute Gasteiger partial charge is 0.338 e. The van der Waals surface area contributed by atoms with Crippen LogP contribution in [0, 0.1) is 13.8 Å². The lowest BCUT2D eigenvalue weighted by atomic mass is 10.1. The molecular weight excluding hydrogens is 386 g/mol. The lowest BCUT2D eigenvalue weighted by Crippen LogP contribution is -2.30. The predicted molar refractivity (Wildman–Crippen MR) is 100 cm³/mol. The van der Waals surface area contributed by atoms with Gasteiger partial charge in [-0.05, 0) is 66.5 Å². The number of carbonyl (C=O) groups excluding carboxylic acids is 2. The van der Waals surface area contributed by atoms with E-state index in [1.807, 2.05) is 32.0 Å². The van der Waals surface area contributed by atoms with E-state index in [2.05, 4.69) is 21.2 Å². The maximum Gasteiger partial charge on any atom is 0.338 e. The molecule has 2 aromatic rings. The number of aryl methyl sites for hydroxylation is 2. The van der Waals surface area contributed by atoms with Crippen LogP contribution in [0.4, 0.5) is 5.69 Å². The normalized spacial score (nSPS) is 11.6. The van der Waals surface area contributed by atoms with Gasteiger partial charge in [0.2, 0.25) is 0 Å². The van der Waals surface area contributed by atoms with Crippen LogP contribution < -0.4 is 10.1 Å². The minimum Gasteiger partial charge on any atom is -0.496 e. The van der Waals surface area contributed by atoms with E-state index in [4.69, 9.17) is 9.47 Å². The maximum atomic E-state index is 12.3. The number of hydrogen-bond acceptors (Lipinski definition) is 4. The Hall–Kier alpha value is -2.34. The number of nitrogens with one attached hydrogen (secondary N) is 1. The quantitative estimate of drug-likeness (QED) is 0.754. The molecule has 2 aromatic carbocycles. The van der Waals surface area contributed by atoms with E-state index in [0.29, 0.717) is 21.5 Å². The molecule has 0 aromatic heterocycles. The summed E-state index contributed by atoms with van der Waals surface area (Å²) in [5.41, 5.74) is 3.09. The number of rotatable bonds is 5. The van der Waals surface area contributed by atoms with Crippen molar-refractivity contribution in [3.8, 4) is 5.75 Å². The number of carbonyl (C=O) groups is 2. The van der Waals surface area contributed by atoms with Crippen molar-refractivity contribution < 1.29 is 19.1 Å². The number of ether oxygens (including phenoxy) is 2. The molecule has 0 unspecified atom stereocenters. The largest absolute Gasteiger partial charge is 0.496 e. The zero-order chi connectivity index (χ0) is 18.6. The van der Waals surface area contributed by atoms with E-state index < -0.39 is 12.1 Å². The van der Waals surface area contributed by atoms with E-state index in [9.17, 15) is 9.59 Å². The first-order chi connectivity index (χ1) is 11.8. The van der Waals surface area contributed by atoms with Crippen molar-refractivity contribution in [2.45, 2.75) is 26.9 Å². The highest BCUT2D eigenvalue weighted by Crippen LogP contribution is 2.26. The number of methoxy groups -OCH3 is 1. The summed E-state index contributed by atoms with van der Waals surface area (Å²) in [7, 11) is 1.54. The fourth-order valence-corrected chi connectivity index (χ4v) is 2.80. The summed E-state index contributed by atoms with van der Waals surface area (Å²) in [4.78, 5) is 24.5. The van der Waals surface area contributed by atoms with Crippen molar-refractivity contribution in [3.05, 3.63) is 57.6 Å². The monoisotopic (exact) mass is 405 g/mol. The summed E-state index contributed by atoms with van der Waals surface area (Å²) in [6.07, 6.45) is -0.922. The molecular formula is C19H20BrNO4. The van der Waals surface area contributed by atoms with Gasteiger partial charge in [0.15, 0.2) is 6.10 Å². The molecule has 0 bridgehead atoms. The molecule has 0 saturated carbocycles. The molecule has 2 rings (SSSR count). The van der Waals surface area contributed by atoms with Crippen LogP contribution >= 0.6 is 15.9 Å². The van der Waals surface area contributed by atoms with Crippen LogP contribution in [0.5, 0.6) is 5.75 Å². The Morgan fingerprint density at radius 3 is 2.44 bits per heavy atom. The van der Waals surface area contributed by atoms with Crippen LogP contribution in [-0.4, -0.2) is 25.1 Å². The first-order valence-corrected chi connectivity index (χ1v) is 8.53. The zero-order valence-electron chi connectivity index (χ0n) is 14.6. The molecule has 0 spiro atoms. The molecule has 0 aliphatic rings. The number of amides is 1. The summed E-state index contributed by atoms with van der Waals surface area (Å²) < 4.78 is 11.0. The number of halogens is 1. The number of hydrogen-bond donors (Lipinski definition) is 1. The van der Waals surface area contributed by atoms with Crippen molar-refractivity contribution in [1.82, 2.24) is 0 Å². The van der Waals surface area contributed by atoms with Gasteiger partial charge in [-0.25, -0.2) is 4.79 Å². The number of esters is 1. The number of benzene rings is 2. The van der Waals surface area contributed by atoms with Gasteiger partial charge in [-0.2, -0.15) is 0 Å². The van der Waals surface area contributed by atoms with Gasteiger partial charge >= 0.3 is 5.97 Å². The Kier molecular flexibility index (Phi) is 6.20. The first-order valence-electron chi connectivity index (χ1n) is 7.74. The summed E-state index contributed by atoms with van der Waals surface area (Å²) in [5.74, 6) is -0.350. The van der Waals surface area contributed by atoms with Gasteiger partial charge in [-0.1, -0.05) is 17.7 Å². The van der Waals surface area contributed by atoms with Gasteiger partial charge in [0.05, 0.1) is 17.1 Å². The first kappa shape index (κ1) is 19.0. The Morgan fingerprint density at radius 2 is 1.84 bits per heavy atom. The molecule has 0 heterocycles. The molecule has 0 aliphatic carbocycles. The highest BCUT2D eigenvalue weighted by atomic mass is 79.9. The molecule has 0 saturated heterocycles. The van der Waals surface area contributed by atoms with Crippen molar-refractivity contribution in [1.29, 1.82) is 0 Å². The van der Waals surface area contributed by atoms with Crippen molar-refractivity contribution >= 4 is 33.5 Å². The lowest BCUT2D eigenvalue weighted by Gasteiger charge is -2.15. The Bertz CT molecular complexity index is 804. The zero-order valence-corrected chi connectivity index (χ0v) is 16.1. The van der Waals surface area contributed by atoms with E-state index in [1.165, 1.54) is 14.0 Å². The fraction of sp³-hybridized carbons (Fsp3) is 0.263. The standard InChI is InChI=1S/C19H20BrNO4/c1-11-5-7-16(12(2)9-11)21-18(22)13(3)25-19(23)14-6-8-17(24-4)15(20)10-14/h5-10,13H,1-4H3,(H,21,22)/t13-/m0/s1. The van der Waals surface area contributed by atoms with Crippen molar-refractivity contribution in [3.63, 3.8) is 0 Å². The van der Waals surface area contributed by atoms with Gasteiger partial charge in [0, 0.05) is 5.69 Å². The van der Waals surface area contributed by atoms with Crippen LogP contribution in [0.1, 0.15) is 28.4 Å². The summed E-state index contributed by atoms with van der Waals surface area (Å²) in [5, 5.41) is 2.78. The second-order valence-corrected chi connectivity index (χ2v) is 6.56. The van der Waals surface area contributed by atoms with Crippen LogP contribution in [-0.2, 0) is 9.53 Å². The SMILES string of the molecule is COc1ccc(C(=O)O[C@@H](C)C(=O)Nc2ccc(C)cc2C)cc1Br. The molecule has 0 fully saturated rings. The van der Waals surface area contributed by atoms with Gasteiger partial charge in [0.25, 0.3) is 5.91 Å². The van der Waals surface area contributed by atoms with Gasteiger partial charge < -0.3 is 14.8 Å². The van der Waals surface area contributed by atoms with E-state index in [0.717, 1.165) is 11.1 Å². The predicted octanol–water partition coefficient (Wildman–Crippen LogP) is 4.26. The maximum absolute atomic E-state index is 12.3. The average Bonchev–Trinajstić information content (AvgIpc) is 2.57. The van der Waals surface area contributed by atoms with Crippen LogP contribution in [0.15, 0.2) is 40.9 Å². The summed E-state index contributed by atoms with van der Waals surface area (Å²) in [6.45, 7) is 5.43. The average molecular weight is 406 g/mol. The molecule has 5 nitrogen and oxygen atoms in total.